The van der Waals surface area contributed by atoms with E-state index in [2.05, 4.69) is 102 Å². The van der Waals surface area contributed by atoms with Crippen LogP contribution in [0.25, 0.3) is 0 Å². The standard InChI is InChI=1S/2C10H13.2C3H7O.Zr/c2*1-10(2,3)9-7-5-4-6-8-9;2*1-2-3-4;/h2*4-8H,1H2,2-3H3;2*2-3H2,1H3;/q;;2*-1;+2. The van der Waals surface area contributed by atoms with Crippen LogP contribution in [0.1, 0.15) is 65.5 Å². The van der Waals surface area contributed by atoms with Crippen LogP contribution in [-0.2, 0) is 37.6 Å². The normalized spacial score (nSPS) is 12.9. The maximum absolute atomic E-state index is 6.78. The molecular weight excluding hydrogens is 436 g/mol. The molecule has 0 fully saturated rings. The average Bonchev–Trinajstić information content (AvgIpc) is 2.71. The fraction of sp³-hybridized carbons (Fsp3) is 0.538. The molecule has 2 aromatic carbocycles. The van der Waals surface area contributed by atoms with Crippen LogP contribution >= 0.6 is 0 Å². The van der Waals surface area contributed by atoms with Gasteiger partial charge in [0.1, 0.15) is 0 Å². The zero-order valence-corrected chi connectivity index (χ0v) is 21.8. The first-order valence-electron chi connectivity index (χ1n) is 11.1. The van der Waals surface area contributed by atoms with Crippen LogP contribution in [0.4, 0.5) is 0 Å². The molecule has 0 atom stereocenters. The van der Waals surface area contributed by atoms with Gasteiger partial charge in [-0.25, -0.2) is 0 Å². The summed E-state index contributed by atoms with van der Waals surface area (Å²) in [6.45, 7) is 15.4. The molecule has 0 N–H and O–H groups in total. The Balaban J connectivity index is 2.40. The molecule has 0 saturated carbocycles. The van der Waals surface area contributed by atoms with Crippen molar-refractivity contribution in [1.82, 2.24) is 0 Å². The van der Waals surface area contributed by atoms with E-state index in [1.807, 2.05) is 0 Å². The van der Waals surface area contributed by atoms with Crippen molar-refractivity contribution in [2.75, 3.05) is 13.2 Å². The van der Waals surface area contributed by atoms with Crippen molar-refractivity contribution in [2.45, 2.75) is 73.5 Å². The second-order valence-electron chi connectivity index (χ2n) is 9.46. The summed E-state index contributed by atoms with van der Waals surface area (Å²) in [7, 11) is 0. The average molecular weight is 476 g/mol. The molecule has 160 valence electrons. The van der Waals surface area contributed by atoms with Gasteiger partial charge in [0.25, 0.3) is 0 Å². The quantitative estimate of drug-likeness (QED) is 0.314. The molecule has 0 bridgehead atoms. The topological polar surface area (TPSA) is 18.5 Å². The first-order valence-corrected chi connectivity index (χ1v) is 16.6. The third-order valence-corrected chi connectivity index (χ3v) is 16.3. The van der Waals surface area contributed by atoms with E-state index in [0.29, 0.717) is 0 Å². The Bertz CT molecular complexity index is 647. The van der Waals surface area contributed by atoms with Gasteiger partial charge in [-0.1, -0.05) is 0 Å². The van der Waals surface area contributed by atoms with Gasteiger partial charge in [-0.2, -0.15) is 0 Å². The first-order chi connectivity index (χ1) is 13.7. The van der Waals surface area contributed by atoms with Crippen molar-refractivity contribution in [1.29, 1.82) is 0 Å². The van der Waals surface area contributed by atoms with Crippen LogP contribution in [0.15, 0.2) is 60.7 Å². The molecule has 2 rings (SSSR count). The number of hydrogen-bond acceptors (Lipinski definition) is 2. The zero-order chi connectivity index (χ0) is 21.4. The van der Waals surface area contributed by atoms with E-state index < -0.39 is 21.1 Å². The summed E-state index contributed by atoms with van der Waals surface area (Å²) in [5.41, 5.74) is 2.81. The van der Waals surface area contributed by atoms with Crippen molar-refractivity contribution in [2.24, 2.45) is 0 Å². The fourth-order valence-corrected chi connectivity index (χ4v) is 16.2. The van der Waals surface area contributed by atoms with Gasteiger partial charge in [0, 0.05) is 0 Å². The van der Waals surface area contributed by atoms with Crippen molar-refractivity contribution < 1.29 is 26.8 Å². The Kier molecular flexibility index (Phi) is 9.32. The Hall–Kier alpha value is -0.757. The molecule has 0 radical (unpaired) electrons. The molecule has 3 heteroatoms. The van der Waals surface area contributed by atoms with Crippen molar-refractivity contribution in [3.05, 3.63) is 71.8 Å². The van der Waals surface area contributed by atoms with Gasteiger partial charge in [0.05, 0.1) is 0 Å². The van der Waals surface area contributed by atoms with Gasteiger partial charge in [0.2, 0.25) is 0 Å². The summed E-state index contributed by atoms with van der Waals surface area (Å²) in [5.74, 6) is 0. The molecule has 0 spiro atoms. The van der Waals surface area contributed by atoms with E-state index in [-0.39, 0.29) is 10.8 Å². The van der Waals surface area contributed by atoms with Crippen LogP contribution in [0.2, 0.25) is 8.26 Å². The van der Waals surface area contributed by atoms with Gasteiger partial charge in [-0.15, -0.1) is 0 Å². The Morgan fingerprint density at radius 2 is 0.966 bits per heavy atom. The predicted octanol–water partition coefficient (Wildman–Crippen LogP) is 7.62. The molecule has 2 nitrogen and oxygen atoms in total. The number of benzene rings is 2. The monoisotopic (exact) mass is 474 g/mol. The summed E-state index contributed by atoms with van der Waals surface area (Å²) >= 11 is -3.42. The van der Waals surface area contributed by atoms with Gasteiger partial charge in [0.15, 0.2) is 0 Å². The summed E-state index contributed by atoms with van der Waals surface area (Å²) in [6, 6.07) is 21.7. The van der Waals surface area contributed by atoms with Gasteiger partial charge >= 0.3 is 185 Å². The molecule has 0 amide bonds. The fourth-order valence-electron chi connectivity index (χ4n) is 4.21. The van der Waals surface area contributed by atoms with Gasteiger partial charge in [-0.05, 0) is 0 Å². The molecular formula is C26H40O2Zr. The summed E-state index contributed by atoms with van der Waals surface area (Å²) in [5, 5.41) is 0. The van der Waals surface area contributed by atoms with Crippen LogP contribution in [-0.4, -0.2) is 13.2 Å². The molecule has 0 heterocycles. The van der Waals surface area contributed by atoms with E-state index in [0.717, 1.165) is 34.3 Å². The van der Waals surface area contributed by atoms with E-state index in [1.165, 1.54) is 11.1 Å². The molecule has 0 aliphatic heterocycles. The van der Waals surface area contributed by atoms with Crippen molar-refractivity contribution in [3.63, 3.8) is 0 Å². The molecule has 29 heavy (non-hydrogen) atoms. The van der Waals surface area contributed by atoms with Crippen LogP contribution in [0, 0.1) is 0 Å². The third kappa shape index (κ3) is 7.16. The Labute approximate surface area is 184 Å². The Morgan fingerprint density at radius 1 is 0.621 bits per heavy atom. The van der Waals surface area contributed by atoms with Crippen molar-refractivity contribution in [3.8, 4) is 0 Å². The van der Waals surface area contributed by atoms with Gasteiger partial charge < -0.3 is 0 Å². The van der Waals surface area contributed by atoms with E-state index >= 15 is 0 Å². The van der Waals surface area contributed by atoms with E-state index in [1.54, 1.807) is 0 Å². The minimum absolute atomic E-state index is 0.0333. The summed E-state index contributed by atoms with van der Waals surface area (Å²) in [4.78, 5) is 0. The van der Waals surface area contributed by atoms with Crippen LogP contribution in [0.5, 0.6) is 0 Å². The minimum atomic E-state index is -3.42. The molecule has 0 aliphatic carbocycles. The maximum atomic E-state index is 6.78. The SMILES string of the molecule is CCC[O][Zr]([CH2]C(C)(C)c1ccccc1)([CH2]C(C)(C)c1ccccc1)[O]CCC. The molecule has 0 aliphatic rings. The van der Waals surface area contributed by atoms with Crippen molar-refractivity contribution >= 4 is 0 Å². The molecule has 0 saturated heterocycles. The zero-order valence-electron chi connectivity index (χ0n) is 19.3. The predicted molar refractivity (Wildman–Crippen MR) is 121 cm³/mol. The molecule has 2 aromatic rings. The van der Waals surface area contributed by atoms with Crippen LogP contribution in [0.3, 0.4) is 0 Å². The van der Waals surface area contributed by atoms with Gasteiger partial charge in [-0.3, -0.25) is 0 Å². The Morgan fingerprint density at radius 3 is 1.28 bits per heavy atom. The summed E-state index contributed by atoms with van der Waals surface area (Å²) < 4.78 is 15.6. The van der Waals surface area contributed by atoms with Crippen LogP contribution < -0.4 is 0 Å². The second-order valence-corrected chi connectivity index (χ2v) is 17.1. The summed E-state index contributed by atoms with van der Waals surface area (Å²) in [6.07, 6.45) is 2.07. The molecule has 0 unspecified atom stereocenters. The third-order valence-electron chi connectivity index (χ3n) is 5.67. The number of hydrogen-bond donors (Lipinski definition) is 0. The van der Waals surface area contributed by atoms with E-state index in [4.69, 9.17) is 5.63 Å². The molecule has 0 aromatic heterocycles. The number of rotatable bonds is 12. The second kappa shape index (κ2) is 11.0. The van der Waals surface area contributed by atoms with E-state index in [9.17, 15) is 0 Å². The first kappa shape index (κ1) is 24.5.